The van der Waals surface area contributed by atoms with Gasteiger partial charge in [-0.1, -0.05) is 32.9 Å². The number of nitrogens with one attached hydrogen (secondary N) is 1. The molecule has 0 aromatic heterocycles. The molecular formula is C17H25ClN2O2. The Bertz CT molecular complexity index is 577. The zero-order chi connectivity index (χ0) is 17.1. The normalized spacial score (nSPS) is 11.2. The summed E-state index contributed by atoms with van der Waals surface area (Å²) < 4.78 is 0. The molecule has 0 unspecified atom stereocenters. The predicted molar refractivity (Wildman–Crippen MR) is 91.5 cm³/mol. The van der Waals surface area contributed by atoms with Crippen molar-refractivity contribution in [2.24, 2.45) is 0 Å². The lowest BCUT2D eigenvalue weighted by molar-refractivity contribution is -0.119. The Morgan fingerprint density at radius 3 is 2.27 bits per heavy atom. The molecule has 0 saturated carbocycles. The third-order valence-corrected chi connectivity index (χ3v) is 3.91. The van der Waals surface area contributed by atoms with Crippen LogP contribution < -0.4 is 10.2 Å². The maximum Gasteiger partial charge on any atom is 0.243 e. The zero-order valence-electron chi connectivity index (χ0n) is 14.2. The first-order chi connectivity index (χ1) is 10.1. The maximum atomic E-state index is 12.3. The molecule has 0 radical (unpaired) electrons. The lowest BCUT2D eigenvalue weighted by Crippen LogP contribution is -2.43. The van der Waals surface area contributed by atoms with Gasteiger partial charge in [-0.15, -0.1) is 11.6 Å². The summed E-state index contributed by atoms with van der Waals surface area (Å²) in [5.41, 5.74) is 3.88. The monoisotopic (exact) mass is 324 g/mol. The fourth-order valence-electron chi connectivity index (χ4n) is 2.31. The smallest absolute Gasteiger partial charge is 0.243 e. The molecule has 1 rings (SSSR count). The largest absolute Gasteiger partial charge is 0.338 e. The van der Waals surface area contributed by atoms with Crippen molar-refractivity contribution in [1.29, 1.82) is 0 Å². The highest BCUT2D eigenvalue weighted by molar-refractivity contribution is 6.29. The molecule has 1 aromatic rings. The number of aryl methyl sites for hydroxylation is 1. The van der Waals surface area contributed by atoms with E-state index in [1.165, 1.54) is 6.92 Å². The van der Waals surface area contributed by atoms with Gasteiger partial charge in [-0.2, -0.15) is 0 Å². The van der Waals surface area contributed by atoms with Crippen molar-refractivity contribution in [3.63, 3.8) is 0 Å². The molecule has 22 heavy (non-hydrogen) atoms. The van der Waals surface area contributed by atoms with Crippen LogP contribution in [0.15, 0.2) is 12.1 Å². The number of alkyl halides is 1. The minimum Gasteiger partial charge on any atom is -0.338 e. The van der Waals surface area contributed by atoms with Gasteiger partial charge in [0, 0.05) is 6.92 Å². The Kier molecular flexibility index (Phi) is 6.00. The Morgan fingerprint density at radius 1 is 1.23 bits per heavy atom. The topological polar surface area (TPSA) is 49.4 Å². The number of halogens is 1. The number of carbonyl (C=O) groups excluding carboxylic acids is 2. The lowest BCUT2D eigenvalue weighted by Gasteiger charge is -2.32. The number of carbonyl (C=O) groups is 2. The van der Waals surface area contributed by atoms with Gasteiger partial charge in [0.1, 0.15) is 5.88 Å². The van der Waals surface area contributed by atoms with Gasteiger partial charge in [0.25, 0.3) is 0 Å². The highest BCUT2D eigenvalue weighted by atomic mass is 35.5. The van der Waals surface area contributed by atoms with E-state index in [9.17, 15) is 9.59 Å². The number of benzene rings is 1. The molecule has 5 heteroatoms. The number of nitrogens with zero attached hydrogens (tertiary/aromatic N) is 1. The lowest BCUT2D eigenvalue weighted by atomic mass is 9.83. The van der Waals surface area contributed by atoms with Crippen molar-refractivity contribution >= 4 is 29.1 Å². The van der Waals surface area contributed by atoms with Gasteiger partial charge < -0.3 is 5.32 Å². The van der Waals surface area contributed by atoms with Crippen molar-refractivity contribution in [2.75, 3.05) is 17.4 Å². The Labute approximate surface area is 137 Å². The minimum atomic E-state index is -0.227. The molecule has 0 bridgehead atoms. The molecule has 1 aromatic carbocycles. The fourth-order valence-corrected chi connectivity index (χ4v) is 2.45. The van der Waals surface area contributed by atoms with E-state index in [1.807, 2.05) is 19.9 Å². The van der Waals surface area contributed by atoms with Crippen molar-refractivity contribution in [3.05, 3.63) is 28.8 Å². The van der Waals surface area contributed by atoms with E-state index in [4.69, 9.17) is 11.6 Å². The van der Waals surface area contributed by atoms with E-state index >= 15 is 0 Å². The van der Waals surface area contributed by atoms with E-state index in [0.29, 0.717) is 0 Å². The Morgan fingerprint density at radius 2 is 1.82 bits per heavy atom. The van der Waals surface area contributed by atoms with Crippen molar-refractivity contribution in [3.8, 4) is 0 Å². The standard InChI is InChI=1S/C17H25ClN2O2/c1-11-7-8-14(17(4,5)6)16(12(11)2)20(15(22)9-18)10-19-13(3)21/h7-8H,9-10H2,1-6H3,(H,19,21). The quantitative estimate of drug-likeness (QED) is 0.682. The number of rotatable bonds is 4. The first-order valence-electron chi connectivity index (χ1n) is 7.31. The molecule has 4 nitrogen and oxygen atoms in total. The highest BCUT2D eigenvalue weighted by Gasteiger charge is 2.26. The average molecular weight is 325 g/mol. The molecule has 0 spiro atoms. The fraction of sp³-hybridized carbons (Fsp3) is 0.529. The van der Waals surface area contributed by atoms with Crippen LogP contribution in [0.25, 0.3) is 0 Å². The van der Waals surface area contributed by atoms with Crippen LogP contribution in [-0.4, -0.2) is 24.4 Å². The van der Waals surface area contributed by atoms with Gasteiger partial charge in [-0.05, 0) is 36.0 Å². The summed E-state index contributed by atoms with van der Waals surface area (Å²) in [4.78, 5) is 25.1. The first kappa shape index (κ1) is 18.5. The second-order valence-electron chi connectivity index (χ2n) is 6.50. The second kappa shape index (κ2) is 7.14. The highest BCUT2D eigenvalue weighted by Crippen LogP contribution is 2.36. The number of hydrogen-bond donors (Lipinski definition) is 1. The third kappa shape index (κ3) is 4.23. The summed E-state index contributed by atoms with van der Waals surface area (Å²) in [5.74, 6) is -0.541. The number of anilines is 1. The molecule has 0 aliphatic rings. The van der Waals surface area contributed by atoms with E-state index in [1.54, 1.807) is 4.90 Å². The molecule has 0 fully saturated rings. The van der Waals surface area contributed by atoms with Crippen LogP contribution in [0.1, 0.15) is 44.4 Å². The molecule has 122 valence electrons. The van der Waals surface area contributed by atoms with Crippen molar-refractivity contribution < 1.29 is 9.59 Å². The van der Waals surface area contributed by atoms with Crippen LogP contribution in [0.2, 0.25) is 0 Å². The van der Waals surface area contributed by atoms with Gasteiger partial charge in [-0.3, -0.25) is 14.5 Å². The van der Waals surface area contributed by atoms with Gasteiger partial charge in [0.2, 0.25) is 11.8 Å². The van der Waals surface area contributed by atoms with Crippen LogP contribution in [0.3, 0.4) is 0 Å². The summed E-state index contributed by atoms with van der Waals surface area (Å²) in [6, 6.07) is 4.10. The summed E-state index contributed by atoms with van der Waals surface area (Å²) in [6.07, 6.45) is 0. The van der Waals surface area contributed by atoms with E-state index in [0.717, 1.165) is 22.4 Å². The molecule has 0 saturated heterocycles. The van der Waals surface area contributed by atoms with Crippen LogP contribution in [0, 0.1) is 13.8 Å². The van der Waals surface area contributed by atoms with E-state index in [2.05, 4.69) is 32.2 Å². The molecule has 0 heterocycles. The van der Waals surface area contributed by atoms with Crippen LogP contribution in [0.4, 0.5) is 5.69 Å². The Balaban J connectivity index is 3.48. The van der Waals surface area contributed by atoms with Gasteiger partial charge in [-0.25, -0.2) is 0 Å². The van der Waals surface area contributed by atoms with Gasteiger partial charge in [0.15, 0.2) is 0 Å². The van der Waals surface area contributed by atoms with Crippen molar-refractivity contribution in [1.82, 2.24) is 5.32 Å². The molecule has 0 atom stereocenters. The zero-order valence-corrected chi connectivity index (χ0v) is 15.0. The minimum absolute atomic E-state index is 0.119. The summed E-state index contributed by atoms with van der Waals surface area (Å²) in [5, 5.41) is 2.69. The van der Waals surface area contributed by atoms with E-state index in [-0.39, 0.29) is 29.8 Å². The first-order valence-corrected chi connectivity index (χ1v) is 7.84. The second-order valence-corrected chi connectivity index (χ2v) is 6.77. The third-order valence-electron chi connectivity index (χ3n) is 3.68. The van der Waals surface area contributed by atoms with Crippen LogP contribution in [0.5, 0.6) is 0 Å². The molecule has 0 aliphatic carbocycles. The van der Waals surface area contributed by atoms with E-state index < -0.39 is 0 Å². The average Bonchev–Trinajstić information content (AvgIpc) is 2.41. The Hall–Kier alpha value is -1.55. The SMILES string of the molecule is CC(=O)NCN(C(=O)CCl)c1c(C(C)(C)C)ccc(C)c1C. The number of hydrogen-bond acceptors (Lipinski definition) is 2. The van der Waals surface area contributed by atoms with Crippen molar-refractivity contribution in [2.45, 2.75) is 47.0 Å². The van der Waals surface area contributed by atoms with Crippen LogP contribution in [-0.2, 0) is 15.0 Å². The maximum absolute atomic E-state index is 12.3. The molecular weight excluding hydrogens is 300 g/mol. The van der Waals surface area contributed by atoms with Gasteiger partial charge in [0.05, 0.1) is 12.4 Å². The molecule has 2 amide bonds. The van der Waals surface area contributed by atoms with Crippen LogP contribution >= 0.6 is 11.6 Å². The summed E-state index contributed by atoms with van der Waals surface area (Å²) in [7, 11) is 0. The predicted octanol–water partition coefficient (Wildman–Crippen LogP) is 3.27. The summed E-state index contributed by atoms with van der Waals surface area (Å²) in [6.45, 7) is 11.8. The molecule has 1 N–H and O–H groups in total. The number of amides is 2. The van der Waals surface area contributed by atoms with Gasteiger partial charge >= 0.3 is 0 Å². The molecule has 0 aliphatic heterocycles. The summed E-state index contributed by atoms with van der Waals surface area (Å²) >= 11 is 5.77.